The summed E-state index contributed by atoms with van der Waals surface area (Å²) < 4.78 is 0. The van der Waals surface area contributed by atoms with Gasteiger partial charge in [0, 0.05) is 24.4 Å². The number of nitro benzene ring substituents is 1. The number of anilines is 1. The van der Waals surface area contributed by atoms with E-state index in [9.17, 15) is 14.9 Å². The first kappa shape index (κ1) is 16.5. The van der Waals surface area contributed by atoms with Crippen LogP contribution in [-0.2, 0) is 16.6 Å². The topological polar surface area (TPSA) is 75.5 Å². The fourth-order valence-corrected chi connectivity index (χ4v) is 5.68. The number of carbonyl (C=O) groups excluding carboxylic acids is 1. The van der Waals surface area contributed by atoms with Crippen molar-refractivity contribution in [3.05, 3.63) is 33.4 Å². The molecule has 25 heavy (non-hydrogen) atoms. The summed E-state index contributed by atoms with van der Waals surface area (Å²) in [6.07, 6.45) is 6.87. The zero-order chi connectivity index (χ0) is 17.8. The number of nitrogens with zero attached hydrogens (tertiary/aromatic N) is 2. The normalized spacial score (nSPS) is 31.0. The van der Waals surface area contributed by atoms with E-state index in [0.29, 0.717) is 17.6 Å². The summed E-state index contributed by atoms with van der Waals surface area (Å²) in [5.74, 6) is 0.358. The van der Waals surface area contributed by atoms with Crippen LogP contribution < -0.4 is 5.32 Å². The van der Waals surface area contributed by atoms with Crippen LogP contribution >= 0.6 is 0 Å². The van der Waals surface area contributed by atoms with Crippen LogP contribution in [0.25, 0.3) is 0 Å². The molecule has 6 nitrogen and oxygen atoms in total. The lowest BCUT2D eigenvalue weighted by atomic mass is 9.52. The lowest BCUT2D eigenvalue weighted by Crippen LogP contribution is -2.59. The van der Waals surface area contributed by atoms with Gasteiger partial charge in [-0.05, 0) is 62.4 Å². The summed E-state index contributed by atoms with van der Waals surface area (Å²) in [5, 5.41) is 14.2. The number of piperidine rings is 1. The third-order valence-electron chi connectivity index (χ3n) is 6.73. The van der Waals surface area contributed by atoms with Crippen molar-refractivity contribution in [1.29, 1.82) is 0 Å². The summed E-state index contributed by atoms with van der Waals surface area (Å²) >= 11 is 0. The first-order valence-electron chi connectivity index (χ1n) is 9.22. The highest BCUT2D eigenvalue weighted by Gasteiger charge is 2.53. The second-order valence-electron chi connectivity index (χ2n) is 7.98. The molecule has 1 amide bonds. The van der Waals surface area contributed by atoms with Crippen LogP contribution in [0.15, 0.2) is 12.1 Å². The van der Waals surface area contributed by atoms with E-state index in [0.717, 1.165) is 31.4 Å². The molecule has 134 valence electrons. The highest BCUT2D eigenvalue weighted by Crippen LogP contribution is 2.56. The quantitative estimate of drug-likeness (QED) is 0.661. The van der Waals surface area contributed by atoms with Crippen molar-refractivity contribution in [3.63, 3.8) is 0 Å². The van der Waals surface area contributed by atoms with Crippen LogP contribution in [0.1, 0.15) is 50.2 Å². The second-order valence-corrected chi connectivity index (χ2v) is 7.98. The van der Waals surface area contributed by atoms with Crippen molar-refractivity contribution >= 4 is 17.3 Å². The summed E-state index contributed by atoms with van der Waals surface area (Å²) in [7, 11) is 2.19. The van der Waals surface area contributed by atoms with Crippen LogP contribution in [0.2, 0.25) is 0 Å². The molecule has 1 saturated carbocycles. The van der Waals surface area contributed by atoms with Crippen molar-refractivity contribution in [3.8, 4) is 0 Å². The average molecular weight is 343 g/mol. The van der Waals surface area contributed by atoms with Crippen molar-refractivity contribution < 1.29 is 9.72 Å². The summed E-state index contributed by atoms with van der Waals surface area (Å²) in [5.41, 5.74) is 2.87. The third-order valence-corrected chi connectivity index (χ3v) is 6.73. The van der Waals surface area contributed by atoms with Crippen LogP contribution in [0, 0.1) is 16.0 Å². The van der Waals surface area contributed by atoms with E-state index in [-0.39, 0.29) is 21.9 Å². The number of hydrogen-bond donors (Lipinski definition) is 1. The Morgan fingerprint density at radius 1 is 1.36 bits per heavy atom. The fourth-order valence-electron chi connectivity index (χ4n) is 5.68. The molecule has 1 aromatic rings. The number of carbonyl (C=O) groups is 1. The number of likely N-dealkylation sites (N-methyl/N-ethyl adjacent to an activating group) is 1. The molecule has 0 unspecified atom stereocenters. The zero-order valence-corrected chi connectivity index (χ0v) is 14.9. The van der Waals surface area contributed by atoms with Crippen LogP contribution in [0.3, 0.4) is 0 Å². The highest BCUT2D eigenvalue weighted by molar-refractivity contribution is 5.91. The number of amides is 1. The summed E-state index contributed by atoms with van der Waals surface area (Å²) in [6.45, 7) is 2.48. The van der Waals surface area contributed by atoms with Gasteiger partial charge in [0.1, 0.15) is 5.69 Å². The number of benzene rings is 1. The number of hydrogen-bond acceptors (Lipinski definition) is 4. The third kappa shape index (κ3) is 2.46. The Hall–Kier alpha value is -1.95. The molecule has 1 aromatic carbocycles. The Kier molecular flexibility index (Phi) is 3.83. The van der Waals surface area contributed by atoms with Gasteiger partial charge in [0.2, 0.25) is 5.91 Å². The van der Waals surface area contributed by atoms with Crippen LogP contribution in [-0.4, -0.2) is 35.4 Å². The largest absolute Gasteiger partial charge is 0.321 e. The number of rotatable bonds is 2. The second kappa shape index (κ2) is 5.80. The van der Waals surface area contributed by atoms with Gasteiger partial charge in [-0.15, -0.1) is 0 Å². The Balaban J connectivity index is 1.89. The van der Waals surface area contributed by atoms with Crippen LogP contribution in [0.4, 0.5) is 11.4 Å². The Morgan fingerprint density at radius 2 is 2.16 bits per heavy atom. The van der Waals surface area contributed by atoms with E-state index in [1.165, 1.54) is 31.7 Å². The van der Waals surface area contributed by atoms with Gasteiger partial charge < -0.3 is 10.2 Å². The van der Waals surface area contributed by atoms with Gasteiger partial charge in [-0.1, -0.05) is 12.8 Å². The Labute approximate surface area is 147 Å². The molecule has 3 aliphatic rings. The zero-order valence-electron chi connectivity index (χ0n) is 14.9. The predicted octanol–water partition coefficient (Wildman–Crippen LogP) is 3.24. The molecule has 6 heteroatoms. The number of nitrogens with one attached hydrogen (secondary N) is 1. The lowest BCUT2D eigenvalue weighted by Gasteiger charge is -2.58. The molecule has 2 bridgehead atoms. The van der Waals surface area contributed by atoms with Crippen molar-refractivity contribution in [2.45, 2.75) is 56.9 Å². The summed E-state index contributed by atoms with van der Waals surface area (Å²) in [4.78, 5) is 25.1. The van der Waals surface area contributed by atoms with Gasteiger partial charge in [-0.3, -0.25) is 14.9 Å². The predicted molar refractivity (Wildman–Crippen MR) is 95.8 cm³/mol. The van der Waals surface area contributed by atoms with Crippen molar-refractivity contribution in [2.24, 2.45) is 5.92 Å². The van der Waals surface area contributed by atoms with Gasteiger partial charge in [0.05, 0.1) is 4.92 Å². The molecule has 1 aliphatic heterocycles. The maximum absolute atomic E-state index is 11.6. The Morgan fingerprint density at radius 3 is 2.88 bits per heavy atom. The van der Waals surface area contributed by atoms with Gasteiger partial charge in [0.15, 0.2) is 0 Å². The van der Waals surface area contributed by atoms with Crippen LogP contribution in [0.5, 0.6) is 0 Å². The maximum Gasteiger partial charge on any atom is 0.293 e. The number of fused-ring (bicyclic) bond motifs is 1. The molecular weight excluding hydrogens is 318 g/mol. The standard InChI is InChI=1S/C19H25N3O3/c1-12(23)20-16-11-15-13(10-18(16)22(24)25)9-17-14-5-3-4-6-19(14,15)7-8-21(17)2/h10-11,14,17H,3-9H2,1-2H3,(H,20,23)/t14-,17+,19+/m1/s1. The smallest absolute Gasteiger partial charge is 0.293 e. The van der Waals surface area contributed by atoms with Gasteiger partial charge in [0.25, 0.3) is 5.69 Å². The number of likely N-dealkylation sites (tertiary alicyclic amines) is 1. The molecule has 3 atom stereocenters. The molecule has 1 saturated heterocycles. The lowest BCUT2D eigenvalue weighted by molar-refractivity contribution is -0.384. The molecule has 0 radical (unpaired) electrons. The monoisotopic (exact) mass is 343 g/mol. The van der Waals surface area contributed by atoms with E-state index in [1.54, 1.807) is 6.07 Å². The maximum atomic E-state index is 11.6. The Bertz CT molecular complexity index is 748. The summed E-state index contributed by atoms with van der Waals surface area (Å²) in [6, 6.07) is 4.13. The van der Waals surface area contributed by atoms with Gasteiger partial charge in [-0.2, -0.15) is 0 Å². The van der Waals surface area contributed by atoms with Gasteiger partial charge >= 0.3 is 0 Å². The highest BCUT2D eigenvalue weighted by atomic mass is 16.6. The number of nitro groups is 1. The SMILES string of the molecule is CC(=O)Nc1cc2c(cc1[N+](=O)[O-])C[C@H]1[C@H]3CCCC[C@@]23CCN1C. The molecule has 2 fully saturated rings. The molecule has 0 aromatic heterocycles. The molecule has 4 rings (SSSR count). The minimum absolute atomic E-state index is 0.0142. The average Bonchev–Trinajstić information content (AvgIpc) is 2.57. The molecular formula is C19H25N3O3. The molecule has 2 aliphatic carbocycles. The van der Waals surface area contributed by atoms with E-state index in [1.807, 2.05) is 6.07 Å². The molecule has 1 heterocycles. The molecule has 1 N–H and O–H groups in total. The van der Waals surface area contributed by atoms with E-state index in [4.69, 9.17) is 0 Å². The van der Waals surface area contributed by atoms with Gasteiger partial charge in [-0.25, -0.2) is 0 Å². The first-order chi connectivity index (χ1) is 11.9. The van der Waals surface area contributed by atoms with Crippen molar-refractivity contribution in [2.75, 3.05) is 18.9 Å². The first-order valence-corrected chi connectivity index (χ1v) is 9.22. The fraction of sp³-hybridized carbons (Fsp3) is 0.632. The minimum Gasteiger partial charge on any atom is -0.321 e. The minimum atomic E-state index is -0.379. The van der Waals surface area contributed by atoms with E-state index >= 15 is 0 Å². The van der Waals surface area contributed by atoms with E-state index in [2.05, 4.69) is 17.3 Å². The van der Waals surface area contributed by atoms with Crippen molar-refractivity contribution in [1.82, 2.24) is 4.90 Å². The van der Waals surface area contributed by atoms with E-state index < -0.39 is 0 Å². The molecule has 0 spiro atoms.